The average Bonchev–Trinajstić information content (AvgIpc) is 3.20. The van der Waals surface area contributed by atoms with Gasteiger partial charge < -0.3 is 9.47 Å². The van der Waals surface area contributed by atoms with Crippen molar-refractivity contribution < 1.29 is 28.7 Å². The topological polar surface area (TPSA) is 90.0 Å². The molecule has 0 N–H and O–H groups in total. The monoisotopic (exact) mass is 491 g/mol. The molecule has 0 aromatic heterocycles. The van der Waals surface area contributed by atoms with Gasteiger partial charge in [0.15, 0.2) is 12.4 Å². The minimum Gasteiger partial charge on any atom is -0.495 e. The fourth-order valence-corrected chi connectivity index (χ4v) is 4.18. The summed E-state index contributed by atoms with van der Waals surface area (Å²) >= 11 is 0. The third-order valence-corrected chi connectivity index (χ3v) is 6.10. The minimum absolute atomic E-state index is 0.0639. The largest absolute Gasteiger partial charge is 0.495 e. The van der Waals surface area contributed by atoms with Crippen molar-refractivity contribution in [1.29, 1.82) is 0 Å². The van der Waals surface area contributed by atoms with Crippen LogP contribution in [0.1, 0.15) is 41.4 Å². The van der Waals surface area contributed by atoms with Crippen LogP contribution < -0.4 is 9.64 Å². The molecule has 0 saturated heterocycles. The number of Topliss-reactive ketones (excluding diaryl/α,β-unsaturated/α-hetero) is 1. The summed E-state index contributed by atoms with van der Waals surface area (Å²) in [5.74, 6) is -1.85. The number of ether oxygens (including phenoxy) is 2. The van der Waals surface area contributed by atoms with Crippen LogP contribution in [-0.4, -0.2) is 37.3 Å². The first-order valence-electron chi connectivity index (χ1n) is 11.5. The Morgan fingerprint density at radius 3 is 2.05 bits per heavy atom. The van der Waals surface area contributed by atoms with Gasteiger partial charge in [-0.05, 0) is 41.5 Å². The van der Waals surface area contributed by atoms with Gasteiger partial charge in [0.1, 0.15) is 5.75 Å². The lowest BCUT2D eigenvalue weighted by atomic mass is 10.0. The number of hydrogen-bond acceptors (Lipinski definition) is 6. The van der Waals surface area contributed by atoms with Gasteiger partial charge in [-0.2, -0.15) is 0 Å². The van der Waals surface area contributed by atoms with Crippen LogP contribution >= 0.6 is 0 Å². The first-order valence-corrected chi connectivity index (χ1v) is 11.5. The third kappa shape index (κ3) is 4.50. The molecular formula is C30H21NO6. The second-order valence-electron chi connectivity index (χ2n) is 8.32. The summed E-state index contributed by atoms with van der Waals surface area (Å²) in [6.07, 6.45) is 0. The van der Waals surface area contributed by atoms with Crippen LogP contribution in [0.4, 0.5) is 5.69 Å². The fraction of sp³-hybridized carbons (Fsp3) is 0.0667. The van der Waals surface area contributed by atoms with E-state index in [0.29, 0.717) is 17.0 Å². The van der Waals surface area contributed by atoms with Crippen LogP contribution in [0.5, 0.6) is 5.75 Å². The van der Waals surface area contributed by atoms with E-state index in [4.69, 9.17) is 9.47 Å². The molecule has 2 amide bonds. The highest BCUT2D eigenvalue weighted by Gasteiger charge is 2.38. The van der Waals surface area contributed by atoms with Crippen molar-refractivity contribution in [3.8, 4) is 16.9 Å². The summed E-state index contributed by atoms with van der Waals surface area (Å²) in [5.41, 5.74) is 3.03. The van der Waals surface area contributed by atoms with Crippen molar-refractivity contribution in [2.75, 3.05) is 18.6 Å². The Balaban J connectivity index is 1.28. The van der Waals surface area contributed by atoms with Gasteiger partial charge in [-0.25, -0.2) is 9.69 Å². The van der Waals surface area contributed by atoms with Gasteiger partial charge in [0.2, 0.25) is 0 Å². The molecule has 0 fully saturated rings. The minimum atomic E-state index is -0.770. The second kappa shape index (κ2) is 9.91. The summed E-state index contributed by atoms with van der Waals surface area (Å²) in [7, 11) is 1.45. The molecule has 0 aliphatic carbocycles. The van der Waals surface area contributed by atoms with E-state index in [9.17, 15) is 19.2 Å². The van der Waals surface area contributed by atoms with E-state index in [2.05, 4.69) is 0 Å². The highest BCUT2D eigenvalue weighted by Crippen LogP contribution is 2.35. The third-order valence-electron chi connectivity index (χ3n) is 6.10. The molecule has 7 nitrogen and oxygen atoms in total. The number of methoxy groups -OCH3 is 1. The Bertz CT molecular complexity index is 1530. The molecule has 0 saturated carbocycles. The van der Waals surface area contributed by atoms with Crippen LogP contribution in [0.3, 0.4) is 0 Å². The zero-order valence-corrected chi connectivity index (χ0v) is 19.8. The predicted molar refractivity (Wildman–Crippen MR) is 137 cm³/mol. The maximum atomic E-state index is 13.1. The average molecular weight is 491 g/mol. The molecule has 182 valence electrons. The number of carbonyl (C=O) groups is 4. The lowest BCUT2D eigenvalue weighted by Crippen LogP contribution is -2.29. The van der Waals surface area contributed by atoms with Crippen LogP contribution in [-0.2, 0) is 4.74 Å². The molecule has 5 rings (SSSR count). The molecule has 1 heterocycles. The Morgan fingerprint density at radius 2 is 1.32 bits per heavy atom. The summed E-state index contributed by atoms with van der Waals surface area (Å²) in [5, 5.41) is 0. The van der Waals surface area contributed by atoms with E-state index < -0.39 is 24.4 Å². The number of ketones is 1. The SMILES string of the molecule is COc1ccccc1N1C(=O)c2ccc(C(=O)OCC(=O)c3ccc(-c4ccccc4)cc3)cc2C1=O. The number of esters is 1. The number of benzene rings is 4. The lowest BCUT2D eigenvalue weighted by Gasteiger charge is -2.16. The van der Waals surface area contributed by atoms with E-state index in [1.54, 1.807) is 36.4 Å². The molecular weight excluding hydrogens is 470 g/mol. The summed E-state index contributed by atoms with van der Waals surface area (Å²) in [6.45, 7) is -0.458. The van der Waals surface area contributed by atoms with Crippen molar-refractivity contribution in [3.05, 3.63) is 119 Å². The zero-order chi connectivity index (χ0) is 25.9. The number of nitrogens with zero attached hydrogens (tertiary/aromatic N) is 1. The smallest absolute Gasteiger partial charge is 0.338 e. The number of hydrogen-bond donors (Lipinski definition) is 0. The van der Waals surface area contributed by atoms with Crippen LogP contribution in [0.25, 0.3) is 11.1 Å². The zero-order valence-electron chi connectivity index (χ0n) is 19.8. The molecule has 0 spiro atoms. The van der Waals surface area contributed by atoms with Gasteiger partial charge in [-0.1, -0.05) is 66.7 Å². The van der Waals surface area contributed by atoms with Crippen LogP contribution in [0.2, 0.25) is 0 Å². The normalized spacial score (nSPS) is 12.3. The van der Waals surface area contributed by atoms with E-state index in [-0.39, 0.29) is 22.5 Å². The Morgan fingerprint density at radius 1 is 0.703 bits per heavy atom. The van der Waals surface area contributed by atoms with Crippen molar-refractivity contribution in [1.82, 2.24) is 0 Å². The van der Waals surface area contributed by atoms with Gasteiger partial charge >= 0.3 is 5.97 Å². The number of rotatable bonds is 7. The summed E-state index contributed by atoms with van der Waals surface area (Å²) < 4.78 is 10.5. The molecule has 1 aliphatic rings. The highest BCUT2D eigenvalue weighted by atomic mass is 16.5. The van der Waals surface area contributed by atoms with E-state index in [0.717, 1.165) is 16.0 Å². The van der Waals surface area contributed by atoms with E-state index >= 15 is 0 Å². The number of para-hydroxylation sites is 2. The molecule has 7 heteroatoms. The first kappa shape index (κ1) is 23.7. The number of imide groups is 1. The molecule has 0 unspecified atom stereocenters. The fourth-order valence-electron chi connectivity index (χ4n) is 4.18. The van der Waals surface area contributed by atoms with Crippen LogP contribution in [0, 0.1) is 0 Å². The van der Waals surface area contributed by atoms with Crippen molar-refractivity contribution in [3.63, 3.8) is 0 Å². The summed E-state index contributed by atoms with van der Waals surface area (Å²) in [4.78, 5) is 52.3. The van der Waals surface area contributed by atoms with Gasteiger partial charge in [0.25, 0.3) is 11.8 Å². The van der Waals surface area contributed by atoms with Crippen molar-refractivity contribution in [2.45, 2.75) is 0 Å². The van der Waals surface area contributed by atoms with Crippen molar-refractivity contribution >= 4 is 29.3 Å². The molecule has 4 aromatic rings. The van der Waals surface area contributed by atoms with Gasteiger partial charge in [-0.15, -0.1) is 0 Å². The first-order chi connectivity index (χ1) is 18.0. The van der Waals surface area contributed by atoms with Gasteiger partial charge in [-0.3, -0.25) is 14.4 Å². The van der Waals surface area contributed by atoms with Gasteiger partial charge in [0, 0.05) is 5.56 Å². The standard InChI is InChI=1S/C30H21NO6/c1-36-27-10-6-5-9-25(27)31-28(33)23-16-15-22(17-24(23)29(31)34)30(35)37-18-26(32)21-13-11-20(12-14-21)19-7-3-2-4-8-19/h2-17H,18H2,1H3. The van der Waals surface area contributed by atoms with Crippen LogP contribution in [0.15, 0.2) is 97.1 Å². The second-order valence-corrected chi connectivity index (χ2v) is 8.32. The number of fused-ring (bicyclic) bond motifs is 1. The number of amides is 2. The van der Waals surface area contributed by atoms with E-state index in [1.807, 2.05) is 42.5 Å². The molecule has 4 aromatic carbocycles. The Hall–Kier alpha value is -5.04. The Labute approximate surface area is 212 Å². The maximum absolute atomic E-state index is 13.1. The molecule has 37 heavy (non-hydrogen) atoms. The quantitative estimate of drug-likeness (QED) is 0.200. The number of anilines is 1. The maximum Gasteiger partial charge on any atom is 0.338 e. The molecule has 1 aliphatic heterocycles. The van der Waals surface area contributed by atoms with Crippen molar-refractivity contribution in [2.24, 2.45) is 0 Å². The Kier molecular flexibility index (Phi) is 6.34. The molecule has 0 bridgehead atoms. The summed E-state index contributed by atoms with van der Waals surface area (Å²) in [6, 6.07) is 27.6. The molecule has 0 atom stereocenters. The van der Waals surface area contributed by atoms with E-state index in [1.165, 1.54) is 25.3 Å². The highest BCUT2D eigenvalue weighted by molar-refractivity contribution is 6.35. The van der Waals surface area contributed by atoms with Gasteiger partial charge in [0.05, 0.1) is 29.5 Å². The predicted octanol–water partition coefficient (Wildman–Crippen LogP) is 5.20. The number of carbonyl (C=O) groups excluding carboxylic acids is 4. The molecule has 0 radical (unpaired) electrons. The lowest BCUT2D eigenvalue weighted by molar-refractivity contribution is 0.0474.